The van der Waals surface area contributed by atoms with E-state index < -0.39 is 0 Å². The van der Waals surface area contributed by atoms with Gasteiger partial charge in [0, 0.05) is 17.5 Å². The average molecular weight is 239 g/mol. The zero-order valence-electron chi connectivity index (χ0n) is 9.67. The highest BCUT2D eigenvalue weighted by atomic mass is 32.1. The highest BCUT2D eigenvalue weighted by molar-refractivity contribution is 7.11. The molecule has 2 rings (SSSR count). The second-order valence-electron chi connectivity index (χ2n) is 4.19. The van der Waals surface area contributed by atoms with Gasteiger partial charge < -0.3 is 10.6 Å². The molecule has 1 heterocycles. The number of rotatable bonds is 5. The second kappa shape index (κ2) is 4.93. The maximum atomic E-state index is 11.4. The molecule has 0 aromatic carbocycles. The number of carbonyl (C=O) groups excluding carboxylic acids is 1. The molecule has 0 aliphatic heterocycles. The molecule has 0 atom stereocenters. The van der Waals surface area contributed by atoms with Gasteiger partial charge in [0.05, 0.1) is 12.2 Å². The first-order chi connectivity index (χ1) is 7.65. The fourth-order valence-electron chi connectivity index (χ4n) is 1.40. The fourth-order valence-corrected chi connectivity index (χ4v) is 2.31. The van der Waals surface area contributed by atoms with Crippen LogP contribution in [0.25, 0.3) is 0 Å². The molecule has 16 heavy (non-hydrogen) atoms. The van der Waals surface area contributed by atoms with Crippen molar-refractivity contribution in [1.82, 2.24) is 15.6 Å². The zero-order valence-corrected chi connectivity index (χ0v) is 10.5. The van der Waals surface area contributed by atoms with Crippen molar-refractivity contribution in [2.24, 2.45) is 0 Å². The van der Waals surface area contributed by atoms with Gasteiger partial charge in [-0.05, 0) is 26.7 Å². The molecule has 0 bridgehead atoms. The van der Waals surface area contributed by atoms with Crippen LogP contribution in [0.2, 0.25) is 0 Å². The van der Waals surface area contributed by atoms with E-state index in [0.717, 1.165) is 23.5 Å². The van der Waals surface area contributed by atoms with E-state index in [1.165, 1.54) is 4.88 Å². The summed E-state index contributed by atoms with van der Waals surface area (Å²) in [7, 11) is 0. The van der Waals surface area contributed by atoms with Gasteiger partial charge in [-0.3, -0.25) is 4.79 Å². The van der Waals surface area contributed by atoms with Gasteiger partial charge in [0.2, 0.25) is 5.91 Å². The van der Waals surface area contributed by atoms with Crippen LogP contribution < -0.4 is 10.6 Å². The molecule has 0 unspecified atom stereocenters. The first-order valence-corrected chi connectivity index (χ1v) is 6.40. The smallest absolute Gasteiger partial charge is 0.234 e. The minimum atomic E-state index is 0.0903. The molecule has 4 nitrogen and oxygen atoms in total. The van der Waals surface area contributed by atoms with Crippen molar-refractivity contribution in [2.75, 3.05) is 6.54 Å². The number of amides is 1. The Labute approximate surface area is 99.5 Å². The van der Waals surface area contributed by atoms with Gasteiger partial charge in [-0.25, -0.2) is 4.98 Å². The molecule has 1 aliphatic carbocycles. The molecule has 1 fully saturated rings. The Hall–Kier alpha value is -0.940. The van der Waals surface area contributed by atoms with E-state index in [2.05, 4.69) is 22.5 Å². The van der Waals surface area contributed by atoms with E-state index in [1.54, 1.807) is 11.3 Å². The quantitative estimate of drug-likeness (QED) is 0.810. The van der Waals surface area contributed by atoms with Gasteiger partial charge in [0.1, 0.15) is 5.01 Å². The van der Waals surface area contributed by atoms with Crippen LogP contribution in [0.5, 0.6) is 0 Å². The van der Waals surface area contributed by atoms with E-state index in [-0.39, 0.29) is 5.91 Å². The van der Waals surface area contributed by atoms with Crippen LogP contribution in [0.15, 0.2) is 0 Å². The van der Waals surface area contributed by atoms with Crippen molar-refractivity contribution in [2.45, 2.75) is 39.3 Å². The Morgan fingerprint density at radius 1 is 1.50 bits per heavy atom. The van der Waals surface area contributed by atoms with E-state index in [9.17, 15) is 4.79 Å². The van der Waals surface area contributed by atoms with Crippen molar-refractivity contribution in [1.29, 1.82) is 0 Å². The number of thiazole rings is 1. The van der Waals surface area contributed by atoms with Crippen LogP contribution in [-0.2, 0) is 11.3 Å². The summed E-state index contributed by atoms with van der Waals surface area (Å²) in [4.78, 5) is 17.0. The van der Waals surface area contributed by atoms with Crippen LogP contribution in [0.1, 0.15) is 28.4 Å². The summed E-state index contributed by atoms with van der Waals surface area (Å²) in [6, 6.07) is 0.443. The molecular formula is C11H17N3OS. The van der Waals surface area contributed by atoms with Crippen molar-refractivity contribution < 1.29 is 4.79 Å². The van der Waals surface area contributed by atoms with E-state index in [4.69, 9.17) is 0 Å². The maximum Gasteiger partial charge on any atom is 0.234 e. The van der Waals surface area contributed by atoms with Gasteiger partial charge in [-0.2, -0.15) is 0 Å². The standard InChI is InChI=1S/C11H17N3OS/c1-7-8(2)16-11(13-7)6-12-5-10(15)14-9-3-4-9/h9,12H,3-6H2,1-2H3,(H,14,15). The number of nitrogens with one attached hydrogen (secondary N) is 2. The SMILES string of the molecule is Cc1nc(CNCC(=O)NC2CC2)sc1C. The zero-order chi connectivity index (χ0) is 11.5. The Bertz CT molecular complexity index is 365. The lowest BCUT2D eigenvalue weighted by Gasteiger charge is -2.03. The minimum absolute atomic E-state index is 0.0903. The van der Waals surface area contributed by atoms with Crippen LogP contribution in [0.4, 0.5) is 0 Å². The number of carbonyl (C=O) groups is 1. The lowest BCUT2D eigenvalue weighted by molar-refractivity contribution is -0.120. The normalized spacial score (nSPS) is 15.1. The van der Waals surface area contributed by atoms with E-state index in [0.29, 0.717) is 19.1 Å². The summed E-state index contributed by atoms with van der Waals surface area (Å²) in [5, 5.41) is 7.10. The lowest BCUT2D eigenvalue weighted by atomic mass is 10.4. The summed E-state index contributed by atoms with van der Waals surface area (Å²) in [5.74, 6) is 0.0903. The highest BCUT2D eigenvalue weighted by Crippen LogP contribution is 2.18. The monoisotopic (exact) mass is 239 g/mol. The highest BCUT2D eigenvalue weighted by Gasteiger charge is 2.22. The predicted octanol–water partition coefficient (Wildman–Crippen LogP) is 1.13. The van der Waals surface area contributed by atoms with Gasteiger partial charge in [-0.15, -0.1) is 11.3 Å². The van der Waals surface area contributed by atoms with Crippen LogP contribution in [0.3, 0.4) is 0 Å². The molecule has 2 N–H and O–H groups in total. The van der Waals surface area contributed by atoms with Crippen LogP contribution >= 0.6 is 11.3 Å². The Kier molecular flexibility index (Phi) is 3.56. The Balaban J connectivity index is 1.68. The number of aromatic nitrogens is 1. The lowest BCUT2D eigenvalue weighted by Crippen LogP contribution is -2.34. The Morgan fingerprint density at radius 2 is 2.25 bits per heavy atom. The van der Waals surface area contributed by atoms with E-state index >= 15 is 0 Å². The average Bonchev–Trinajstić information content (AvgIpc) is 2.95. The molecular weight excluding hydrogens is 222 g/mol. The first kappa shape index (κ1) is 11.5. The predicted molar refractivity (Wildman–Crippen MR) is 64.5 cm³/mol. The molecule has 1 aromatic rings. The van der Waals surface area contributed by atoms with Crippen LogP contribution in [-0.4, -0.2) is 23.5 Å². The molecule has 0 saturated heterocycles. The Morgan fingerprint density at radius 3 is 2.81 bits per heavy atom. The summed E-state index contributed by atoms with van der Waals surface area (Å²) in [6.07, 6.45) is 2.27. The third kappa shape index (κ3) is 3.28. The number of nitrogens with zero attached hydrogens (tertiary/aromatic N) is 1. The van der Waals surface area contributed by atoms with Crippen molar-refractivity contribution in [3.8, 4) is 0 Å². The van der Waals surface area contributed by atoms with Gasteiger partial charge >= 0.3 is 0 Å². The summed E-state index contributed by atoms with van der Waals surface area (Å²) in [6.45, 7) is 5.14. The van der Waals surface area contributed by atoms with Gasteiger partial charge in [0.15, 0.2) is 0 Å². The molecule has 88 valence electrons. The molecule has 1 amide bonds. The number of hydrogen-bond acceptors (Lipinski definition) is 4. The largest absolute Gasteiger partial charge is 0.352 e. The first-order valence-electron chi connectivity index (χ1n) is 5.58. The van der Waals surface area contributed by atoms with Gasteiger partial charge in [0.25, 0.3) is 0 Å². The molecule has 1 saturated carbocycles. The molecule has 0 spiro atoms. The minimum Gasteiger partial charge on any atom is -0.352 e. The summed E-state index contributed by atoms with van der Waals surface area (Å²) >= 11 is 1.69. The topological polar surface area (TPSA) is 54.0 Å². The van der Waals surface area contributed by atoms with Crippen LogP contribution in [0, 0.1) is 13.8 Å². The second-order valence-corrected chi connectivity index (χ2v) is 5.48. The van der Waals surface area contributed by atoms with Gasteiger partial charge in [-0.1, -0.05) is 0 Å². The maximum absolute atomic E-state index is 11.4. The number of aryl methyl sites for hydroxylation is 2. The third-order valence-electron chi connectivity index (χ3n) is 2.58. The summed E-state index contributed by atoms with van der Waals surface area (Å²) < 4.78 is 0. The molecule has 0 radical (unpaired) electrons. The van der Waals surface area contributed by atoms with E-state index in [1.807, 2.05) is 6.92 Å². The summed E-state index contributed by atoms with van der Waals surface area (Å²) in [5.41, 5.74) is 1.09. The van der Waals surface area contributed by atoms with Crippen molar-refractivity contribution in [3.63, 3.8) is 0 Å². The molecule has 1 aliphatic rings. The number of hydrogen-bond donors (Lipinski definition) is 2. The van der Waals surface area contributed by atoms with Crippen molar-refractivity contribution in [3.05, 3.63) is 15.6 Å². The molecule has 1 aromatic heterocycles. The van der Waals surface area contributed by atoms with Crippen molar-refractivity contribution >= 4 is 17.2 Å². The fraction of sp³-hybridized carbons (Fsp3) is 0.636. The third-order valence-corrected chi connectivity index (χ3v) is 3.65. The molecule has 5 heteroatoms.